The van der Waals surface area contributed by atoms with Crippen molar-refractivity contribution >= 4 is 11.6 Å². The topological polar surface area (TPSA) is 43.8 Å². The molecule has 3 rings (SSSR count). The van der Waals surface area contributed by atoms with Crippen LogP contribution >= 0.6 is 11.6 Å². The van der Waals surface area contributed by atoms with Gasteiger partial charge in [0.05, 0.1) is 6.54 Å². The van der Waals surface area contributed by atoms with E-state index < -0.39 is 0 Å². The van der Waals surface area contributed by atoms with E-state index in [9.17, 15) is 0 Å². The lowest BCUT2D eigenvalue weighted by Gasteiger charge is -2.26. The van der Waals surface area contributed by atoms with Crippen LogP contribution in [0.3, 0.4) is 0 Å². The Hall–Kier alpha value is -1.32. The zero-order valence-electron chi connectivity index (χ0n) is 10.1. The van der Waals surface area contributed by atoms with Gasteiger partial charge in [0.1, 0.15) is 5.82 Å². The Kier molecular flexibility index (Phi) is 3.10. The molecule has 0 aliphatic carbocycles. The fourth-order valence-electron chi connectivity index (χ4n) is 2.73. The maximum atomic E-state index is 6.28. The van der Waals surface area contributed by atoms with E-state index in [4.69, 9.17) is 17.3 Å². The second-order valence-corrected chi connectivity index (χ2v) is 5.14. The molecule has 0 saturated heterocycles. The number of aryl methyl sites for hydroxylation is 1. The van der Waals surface area contributed by atoms with Gasteiger partial charge in [-0.2, -0.15) is 0 Å². The van der Waals surface area contributed by atoms with Gasteiger partial charge in [0.25, 0.3) is 0 Å². The van der Waals surface area contributed by atoms with Gasteiger partial charge >= 0.3 is 0 Å². The van der Waals surface area contributed by atoms with Crippen LogP contribution in [-0.4, -0.2) is 9.55 Å². The lowest BCUT2D eigenvalue weighted by Crippen LogP contribution is -2.21. The lowest BCUT2D eigenvalue weighted by atomic mass is 9.91. The largest absolute Gasteiger partial charge is 0.330 e. The molecule has 3 nitrogen and oxygen atoms in total. The highest BCUT2D eigenvalue weighted by molar-refractivity contribution is 6.31. The number of fused-ring (bicyclic) bond motifs is 1. The van der Waals surface area contributed by atoms with Crippen LogP contribution in [0.1, 0.15) is 29.4 Å². The Bertz CT molecular complexity index is 548. The number of imidazole rings is 1. The van der Waals surface area contributed by atoms with Gasteiger partial charge in [-0.3, -0.25) is 0 Å². The molecule has 18 heavy (non-hydrogen) atoms. The van der Waals surface area contributed by atoms with Gasteiger partial charge in [0.15, 0.2) is 0 Å². The molecule has 1 atom stereocenters. The first kappa shape index (κ1) is 11.8. The fourth-order valence-corrected chi connectivity index (χ4v) is 3.02. The number of nitrogens with two attached hydrogens (primary N) is 1. The van der Waals surface area contributed by atoms with E-state index >= 15 is 0 Å². The molecule has 2 aromatic rings. The summed E-state index contributed by atoms with van der Waals surface area (Å²) < 4.78 is 2.25. The first-order valence-corrected chi connectivity index (χ1v) is 6.65. The monoisotopic (exact) mass is 261 g/mol. The normalized spacial score (nSPS) is 18.7. The number of aromatic nitrogens is 2. The third-order valence-corrected chi connectivity index (χ3v) is 4.04. The van der Waals surface area contributed by atoms with Crippen LogP contribution in [0.4, 0.5) is 0 Å². The van der Waals surface area contributed by atoms with Gasteiger partial charge in [-0.25, -0.2) is 4.98 Å². The van der Waals surface area contributed by atoms with Crippen molar-refractivity contribution in [2.24, 2.45) is 5.73 Å². The van der Waals surface area contributed by atoms with Crippen LogP contribution < -0.4 is 5.73 Å². The number of rotatable bonds is 2. The molecule has 0 fully saturated rings. The predicted octanol–water partition coefficient (Wildman–Crippen LogP) is 2.73. The zero-order valence-corrected chi connectivity index (χ0v) is 10.9. The second-order valence-electron chi connectivity index (χ2n) is 4.74. The summed E-state index contributed by atoms with van der Waals surface area (Å²) in [5, 5.41) is 0.861. The SMILES string of the molecule is NCc1ncc2n1CC(c1ccccc1Cl)CC2. The van der Waals surface area contributed by atoms with Crippen molar-refractivity contribution in [1.82, 2.24) is 9.55 Å². The summed E-state index contributed by atoms with van der Waals surface area (Å²) in [6.45, 7) is 1.43. The Balaban J connectivity index is 1.93. The van der Waals surface area contributed by atoms with Gasteiger partial charge in [0, 0.05) is 29.4 Å². The molecule has 94 valence electrons. The molecule has 2 N–H and O–H groups in total. The third-order valence-electron chi connectivity index (χ3n) is 3.70. The number of halogens is 1. The third kappa shape index (κ3) is 1.93. The molecule has 0 amide bonds. The number of nitrogens with zero attached hydrogens (tertiary/aromatic N) is 2. The Morgan fingerprint density at radius 3 is 3.00 bits per heavy atom. The highest BCUT2D eigenvalue weighted by atomic mass is 35.5. The molecule has 4 heteroatoms. The second kappa shape index (κ2) is 4.75. The van der Waals surface area contributed by atoms with E-state index in [1.54, 1.807) is 0 Å². The summed E-state index contributed by atoms with van der Waals surface area (Å²) in [5.74, 6) is 1.44. The smallest absolute Gasteiger partial charge is 0.122 e. The van der Waals surface area contributed by atoms with E-state index in [0.717, 1.165) is 30.2 Å². The summed E-state index contributed by atoms with van der Waals surface area (Å²) in [4.78, 5) is 4.37. The van der Waals surface area contributed by atoms with Crippen LogP contribution in [-0.2, 0) is 19.5 Å². The minimum Gasteiger partial charge on any atom is -0.330 e. The minimum atomic E-state index is 0.464. The molecule has 0 bridgehead atoms. The molecule has 0 saturated carbocycles. The molecule has 1 aromatic carbocycles. The average Bonchev–Trinajstić information content (AvgIpc) is 2.81. The predicted molar refractivity (Wildman–Crippen MR) is 72.6 cm³/mol. The summed E-state index contributed by atoms with van der Waals surface area (Å²) in [5.41, 5.74) is 8.25. The molecule has 1 aliphatic rings. The molecule has 2 heterocycles. The van der Waals surface area contributed by atoms with Crippen LogP contribution in [0.15, 0.2) is 30.5 Å². The van der Waals surface area contributed by atoms with E-state index in [-0.39, 0.29) is 0 Å². The molecule has 0 spiro atoms. The van der Waals surface area contributed by atoms with Crippen molar-refractivity contribution in [2.75, 3.05) is 0 Å². The van der Waals surface area contributed by atoms with Crippen LogP contribution in [0.25, 0.3) is 0 Å². The molecule has 1 aromatic heterocycles. The molecule has 1 aliphatic heterocycles. The van der Waals surface area contributed by atoms with Crippen LogP contribution in [0.5, 0.6) is 0 Å². The lowest BCUT2D eigenvalue weighted by molar-refractivity contribution is 0.451. The van der Waals surface area contributed by atoms with Gasteiger partial charge in [-0.1, -0.05) is 29.8 Å². The first-order chi connectivity index (χ1) is 8.79. The number of hydrogen-bond acceptors (Lipinski definition) is 2. The zero-order chi connectivity index (χ0) is 12.5. The van der Waals surface area contributed by atoms with Crippen molar-refractivity contribution in [3.8, 4) is 0 Å². The number of hydrogen-bond donors (Lipinski definition) is 1. The summed E-state index contributed by atoms with van der Waals surface area (Å²) in [7, 11) is 0. The van der Waals surface area contributed by atoms with Crippen LogP contribution in [0, 0.1) is 0 Å². The van der Waals surface area contributed by atoms with Gasteiger partial charge in [-0.15, -0.1) is 0 Å². The molecular weight excluding hydrogens is 246 g/mol. The van der Waals surface area contributed by atoms with Crippen LogP contribution in [0.2, 0.25) is 5.02 Å². The van der Waals surface area contributed by atoms with Gasteiger partial charge in [-0.05, 0) is 24.5 Å². The van der Waals surface area contributed by atoms with E-state index in [1.165, 1.54) is 11.3 Å². The van der Waals surface area contributed by atoms with Gasteiger partial charge in [0.2, 0.25) is 0 Å². The van der Waals surface area contributed by atoms with Crippen molar-refractivity contribution in [3.05, 3.63) is 52.6 Å². The summed E-state index contributed by atoms with van der Waals surface area (Å²) in [6, 6.07) is 8.11. The van der Waals surface area contributed by atoms with E-state index in [0.29, 0.717) is 12.5 Å². The molecular formula is C14H16ClN3. The highest BCUT2D eigenvalue weighted by Crippen LogP contribution is 2.33. The fraction of sp³-hybridized carbons (Fsp3) is 0.357. The van der Waals surface area contributed by atoms with Crippen molar-refractivity contribution in [1.29, 1.82) is 0 Å². The highest BCUT2D eigenvalue weighted by Gasteiger charge is 2.23. The summed E-state index contributed by atoms with van der Waals surface area (Å²) in [6.07, 6.45) is 4.12. The van der Waals surface area contributed by atoms with E-state index in [1.807, 2.05) is 18.3 Å². The molecule has 0 radical (unpaired) electrons. The standard InChI is InChI=1S/C14H16ClN3/c15-13-4-2-1-3-12(13)10-5-6-11-8-17-14(7-16)18(11)9-10/h1-4,8,10H,5-7,9,16H2. The Labute approximate surface area is 112 Å². The van der Waals surface area contributed by atoms with Crippen molar-refractivity contribution in [2.45, 2.75) is 31.8 Å². The number of benzene rings is 1. The summed E-state index contributed by atoms with van der Waals surface area (Å²) >= 11 is 6.28. The van der Waals surface area contributed by atoms with Crippen molar-refractivity contribution < 1.29 is 0 Å². The Morgan fingerprint density at radius 1 is 1.39 bits per heavy atom. The maximum absolute atomic E-state index is 6.28. The molecule has 1 unspecified atom stereocenters. The minimum absolute atomic E-state index is 0.464. The van der Waals surface area contributed by atoms with Crippen molar-refractivity contribution in [3.63, 3.8) is 0 Å². The quantitative estimate of drug-likeness (QED) is 0.903. The van der Waals surface area contributed by atoms with E-state index in [2.05, 4.69) is 21.7 Å². The van der Waals surface area contributed by atoms with Gasteiger partial charge < -0.3 is 10.3 Å². The first-order valence-electron chi connectivity index (χ1n) is 6.27. The average molecular weight is 262 g/mol. The maximum Gasteiger partial charge on any atom is 0.122 e. The Morgan fingerprint density at radius 2 is 2.22 bits per heavy atom.